The van der Waals surface area contributed by atoms with Crippen molar-refractivity contribution in [1.82, 2.24) is 15.5 Å². The van der Waals surface area contributed by atoms with Crippen molar-refractivity contribution in [3.63, 3.8) is 0 Å². The lowest BCUT2D eigenvalue weighted by Crippen LogP contribution is -2.51. The van der Waals surface area contributed by atoms with Crippen LogP contribution in [0.5, 0.6) is 0 Å². The number of nitrogens with zero attached hydrogens (tertiary/aromatic N) is 1. The van der Waals surface area contributed by atoms with Gasteiger partial charge in [0.25, 0.3) is 0 Å². The zero-order chi connectivity index (χ0) is 15.9. The topological polar surface area (TPSA) is 98.7 Å². The van der Waals surface area contributed by atoms with Gasteiger partial charge in [-0.2, -0.15) is 0 Å². The molecule has 3 amide bonds. The van der Waals surface area contributed by atoms with Crippen LogP contribution >= 0.6 is 0 Å². The zero-order valence-corrected chi connectivity index (χ0v) is 12.8. The summed E-state index contributed by atoms with van der Waals surface area (Å²) in [6.45, 7) is 8.78. The fourth-order valence-corrected chi connectivity index (χ4v) is 1.52. The average molecular weight is 287 g/mol. The number of urea groups is 1. The predicted octanol–water partition coefficient (Wildman–Crippen LogP) is 0.796. The Kier molecular flexibility index (Phi) is 7.20. The van der Waals surface area contributed by atoms with Crippen LogP contribution in [0.25, 0.3) is 0 Å². The Morgan fingerprint density at radius 1 is 1.20 bits per heavy atom. The number of carboxylic acids is 1. The highest BCUT2D eigenvalue weighted by Crippen LogP contribution is 2.03. The minimum absolute atomic E-state index is 0.0532. The molecule has 7 heteroatoms. The number of imide groups is 1. The summed E-state index contributed by atoms with van der Waals surface area (Å²) in [6, 6.07) is -0.635. The molecule has 0 heterocycles. The van der Waals surface area contributed by atoms with Gasteiger partial charge in [-0.3, -0.25) is 19.8 Å². The van der Waals surface area contributed by atoms with Crippen molar-refractivity contribution < 1.29 is 19.5 Å². The molecular weight excluding hydrogens is 262 g/mol. The first-order valence-corrected chi connectivity index (χ1v) is 6.63. The van der Waals surface area contributed by atoms with Crippen LogP contribution in [-0.2, 0) is 9.59 Å². The monoisotopic (exact) mass is 287 g/mol. The molecule has 7 nitrogen and oxygen atoms in total. The summed E-state index contributed by atoms with van der Waals surface area (Å²) in [5.41, 5.74) is -0.443. The Bertz CT molecular complexity index is 363. The number of carboxylic acid groups (broad SMARTS) is 1. The molecule has 20 heavy (non-hydrogen) atoms. The molecule has 0 saturated heterocycles. The van der Waals surface area contributed by atoms with E-state index < -0.39 is 23.4 Å². The minimum Gasteiger partial charge on any atom is -0.480 e. The molecule has 0 radical (unpaired) electrons. The number of amides is 3. The van der Waals surface area contributed by atoms with Crippen molar-refractivity contribution in [3.05, 3.63) is 0 Å². The van der Waals surface area contributed by atoms with Crippen LogP contribution in [-0.4, -0.2) is 52.6 Å². The zero-order valence-electron chi connectivity index (χ0n) is 12.8. The number of aliphatic carboxylic acids is 1. The average Bonchev–Trinajstić information content (AvgIpc) is 2.23. The lowest BCUT2D eigenvalue weighted by molar-refractivity contribution is -0.139. The van der Waals surface area contributed by atoms with E-state index in [0.29, 0.717) is 0 Å². The molecule has 0 saturated carbocycles. The molecule has 0 aliphatic heterocycles. The van der Waals surface area contributed by atoms with Crippen LogP contribution in [0.1, 0.15) is 41.0 Å². The minimum atomic E-state index is -1.00. The summed E-state index contributed by atoms with van der Waals surface area (Å²) in [5.74, 6) is -1.52. The molecule has 116 valence electrons. The maximum absolute atomic E-state index is 11.7. The van der Waals surface area contributed by atoms with Crippen molar-refractivity contribution in [2.75, 3.05) is 13.1 Å². The van der Waals surface area contributed by atoms with Gasteiger partial charge in [-0.15, -0.1) is 0 Å². The first-order chi connectivity index (χ1) is 9.05. The second-order valence-corrected chi connectivity index (χ2v) is 5.81. The fourth-order valence-electron chi connectivity index (χ4n) is 1.52. The molecule has 0 aliphatic rings. The van der Waals surface area contributed by atoms with Crippen LogP contribution < -0.4 is 10.6 Å². The quantitative estimate of drug-likeness (QED) is 0.671. The third-order valence-corrected chi connectivity index (χ3v) is 2.64. The molecule has 0 aromatic rings. The van der Waals surface area contributed by atoms with Gasteiger partial charge >= 0.3 is 12.0 Å². The van der Waals surface area contributed by atoms with E-state index in [9.17, 15) is 14.4 Å². The molecule has 0 aromatic carbocycles. The second kappa shape index (κ2) is 7.84. The van der Waals surface area contributed by atoms with E-state index in [4.69, 9.17) is 5.11 Å². The molecule has 3 N–H and O–H groups in total. The Balaban J connectivity index is 4.46. The summed E-state index contributed by atoms with van der Waals surface area (Å²) in [5, 5.41) is 13.6. The standard InChI is InChI=1S/C13H25N3O4/c1-6-9(2)16(8-11(18)19)7-10(17)14-12(20)15-13(3,4)5/h9H,6-8H2,1-5H3,(H,18,19)(H2,14,15,17,20). The van der Waals surface area contributed by atoms with Crippen molar-refractivity contribution >= 4 is 17.9 Å². The summed E-state index contributed by atoms with van der Waals surface area (Å²) in [7, 11) is 0. The van der Waals surface area contributed by atoms with Crippen molar-refractivity contribution in [3.8, 4) is 0 Å². The van der Waals surface area contributed by atoms with Gasteiger partial charge in [0.1, 0.15) is 0 Å². The second-order valence-electron chi connectivity index (χ2n) is 5.81. The molecule has 0 aliphatic carbocycles. The number of hydrogen-bond acceptors (Lipinski definition) is 4. The van der Waals surface area contributed by atoms with Crippen LogP contribution in [0, 0.1) is 0 Å². The number of rotatable bonds is 6. The predicted molar refractivity (Wildman–Crippen MR) is 75.4 cm³/mol. The maximum atomic E-state index is 11.7. The summed E-state index contributed by atoms with van der Waals surface area (Å²) >= 11 is 0. The lowest BCUT2D eigenvalue weighted by atomic mass is 10.1. The number of carbonyl (C=O) groups is 3. The van der Waals surface area contributed by atoms with E-state index in [0.717, 1.165) is 6.42 Å². The third-order valence-electron chi connectivity index (χ3n) is 2.64. The van der Waals surface area contributed by atoms with Gasteiger partial charge in [0.15, 0.2) is 0 Å². The first kappa shape index (κ1) is 18.4. The summed E-state index contributed by atoms with van der Waals surface area (Å²) in [4.78, 5) is 35.6. The van der Waals surface area contributed by atoms with Crippen LogP contribution in [0.4, 0.5) is 4.79 Å². The van der Waals surface area contributed by atoms with Gasteiger partial charge in [0, 0.05) is 11.6 Å². The van der Waals surface area contributed by atoms with Crippen LogP contribution in [0.2, 0.25) is 0 Å². The Hall–Kier alpha value is -1.63. The van der Waals surface area contributed by atoms with E-state index in [1.165, 1.54) is 4.90 Å². The SMILES string of the molecule is CCC(C)N(CC(=O)O)CC(=O)NC(=O)NC(C)(C)C. The molecule has 1 unspecified atom stereocenters. The Labute approximate surface area is 119 Å². The van der Waals surface area contributed by atoms with Gasteiger partial charge in [-0.1, -0.05) is 6.92 Å². The summed E-state index contributed by atoms with van der Waals surface area (Å²) in [6.07, 6.45) is 0.717. The van der Waals surface area contributed by atoms with Gasteiger partial charge in [0.05, 0.1) is 13.1 Å². The van der Waals surface area contributed by atoms with E-state index in [1.807, 2.05) is 13.8 Å². The molecule has 0 bridgehead atoms. The van der Waals surface area contributed by atoms with E-state index in [2.05, 4.69) is 10.6 Å². The molecule has 0 rings (SSSR count). The molecule has 0 fully saturated rings. The number of hydrogen-bond donors (Lipinski definition) is 3. The largest absolute Gasteiger partial charge is 0.480 e. The first-order valence-electron chi connectivity index (χ1n) is 6.63. The smallest absolute Gasteiger partial charge is 0.321 e. The van der Waals surface area contributed by atoms with Crippen molar-refractivity contribution in [2.45, 2.75) is 52.6 Å². The fraction of sp³-hybridized carbons (Fsp3) is 0.769. The molecule has 1 atom stereocenters. The number of carbonyl (C=O) groups excluding carboxylic acids is 2. The van der Waals surface area contributed by atoms with E-state index in [1.54, 1.807) is 20.8 Å². The highest BCUT2D eigenvalue weighted by Gasteiger charge is 2.21. The molecule has 0 aromatic heterocycles. The highest BCUT2D eigenvalue weighted by atomic mass is 16.4. The third kappa shape index (κ3) is 8.47. The van der Waals surface area contributed by atoms with Crippen molar-refractivity contribution in [2.24, 2.45) is 0 Å². The van der Waals surface area contributed by atoms with Gasteiger partial charge in [-0.05, 0) is 34.1 Å². The normalized spacial score (nSPS) is 12.9. The van der Waals surface area contributed by atoms with Crippen LogP contribution in [0.3, 0.4) is 0 Å². The lowest BCUT2D eigenvalue weighted by Gasteiger charge is -2.26. The summed E-state index contributed by atoms with van der Waals surface area (Å²) < 4.78 is 0. The maximum Gasteiger partial charge on any atom is 0.321 e. The Morgan fingerprint density at radius 2 is 1.75 bits per heavy atom. The van der Waals surface area contributed by atoms with Gasteiger partial charge in [-0.25, -0.2) is 4.79 Å². The Morgan fingerprint density at radius 3 is 2.15 bits per heavy atom. The van der Waals surface area contributed by atoms with E-state index in [-0.39, 0.29) is 19.1 Å². The molecule has 0 spiro atoms. The number of nitrogens with one attached hydrogen (secondary N) is 2. The van der Waals surface area contributed by atoms with E-state index >= 15 is 0 Å². The van der Waals surface area contributed by atoms with Crippen molar-refractivity contribution in [1.29, 1.82) is 0 Å². The molecular formula is C13H25N3O4. The van der Waals surface area contributed by atoms with Crippen LogP contribution in [0.15, 0.2) is 0 Å². The van der Waals surface area contributed by atoms with Gasteiger partial charge < -0.3 is 10.4 Å². The highest BCUT2D eigenvalue weighted by molar-refractivity contribution is 5.95. The van der Waals surface area contributed by atoms with Gasteiger partial charge in [0.2, 0.25) is 5.91 Å².